The lowest BCUT2D eigenvalue weighted by Crippen LogP contribution is -2.49. The van der Waals surface area contributed by atoms with E-state index in [4.69, 9.17) is 9.16 Å². The van der Waals surface area contributed by atoms with Crippen molar-refractivity contribution < 1.29 is 14.0 Å². The zero-order valence-corrected chi connectivity index (χ0v) is 22.3. The van der Waals surface area contributed by atoms with Gasteiger partial charge in [-0.2, -0.15) is 0 Å². The van der Waals surface area contributed by atoms with Gasteiger partial charge < -0.3 is 14.1 Å². The molecule has 32 heavy (non-hydrogen) atoms. The van der Waals surface area contributed by atoms with E-state index in [2.05, 4.69) is 70.0 Å². The second-order valence-electron chi connectivity index (χ2n) is 12.2. The first-order chi connectivity index (χ1) is 14.7. The molecule has 1 heterocycles. The molecule has 1 saturated carbocycles. The maximum Gasteiger partial charge on any atom is 0.410 e. The molecular formula is C27H41NO3Si. The number of rotatable bonds is 2. The summed E-state index contributed by atoms with van der Waals surface area (Å²) in [4.78, 5) is 14.1. The Hall–Kier alpha value is -1.93. The van der Waals surface area contributed by atoms with Crippen LogP contribution in [0.4, 0.5) is 4.79 Å². The minimum atomic E-state index is -1.81. The summed E-state index contributed by atoms with van der Waals surface area (Å²) in [5.74, 6) is 8.25. The fourth-order valence-electron chi connectivity index (χ4n) is 4.23. The van der Waals surface area contributed by atoms with Crippen molar-refractivity contribution in [3.63, 3.8) is 0 Å². The van der Waals surface area contributed by atoms with Gasteiger partial charge in [0.25, 0.3) is 0 Å². The van der Waals surface area contributed by atoms with Gasteiger partial charge in [0.1, 0.15) is 11.4 Å². The summed E-state index contributed by atoms with van der Waals surface area (Å²) in [6.45, 7) is 18.6. The Morgan fingerprint density at radius 2 is 1.59 bits per heavy atom. The van der Waals surface area contributed by atoms with Gasteiger partial charge >= 0.3 is 6.09 Å². The molecule has 0 aromatic heterocycles. The third kappa shape index (κ3) is 6.10. The maximum absolute atomic E-state index is 12.3. The van der Waals surface area contributed by atoms with E-state index in [0.29, 0.717) is 11.3 Å². The van der Waals surface area contributed by atoms with Gasteiger partial charge in [-0.15, -0.1) is 0 Å². The number of carbonyl (C=O) groups excluding carboxylic acids is 1. The zero-order valence-electron chi connectivity index (χ0n) is 21.3. The molecule has 176 valence electrons. The summed E-state index contributed by atoms with van der Waals surface area (Å²) in [7, 11) is -1.81. The zero-order chi connectivity index (χ0) is 23.8. The fourth-order valence-corrected chi connectivity index (χ4v) is 5.26. The van der Waals surface area contributed by atoms with Gasteiger partial charge in [0.05, 0.1) is 0 Å². The van der Waals surface area contributed by atoms with Crippen molar-refractivity contribution in [2.24, 2.45) is 11.3 Å². The van der Waals surface area contributed by atoms with E-state index in [1.54, 1.807) is 0 Å². The van der Waals surface area contributed by atoms with Crippen molar-refractivity contribution in [1.82, 2.24) is 4.90 Å². The third-order valence-electron chi connectivity index (χ3n) is 7.29. The minimum Gasteiger partial charge on any atom is -0.544 e. The fraction of sp³-hybridized carbons (Fsp3) is 0.667. The molecule has 0 bridgehead atoms. The third-order valence-corrected chi connectivity index (χ3v) is 11.6. The van der Waals surface area contributed by atoms with Crippen LogP contribution in [0.15, 0.2) is 24.3 Å². The maximum atomic E-state index is 12.3. The molecule has 4 nitrogen and oxygen atoms in total. The van der Waals surface area contributed by atoms with Crippen LogP contribution in [-0.2, 0) is 4.74 Å². The molecule has 0 N–H and O–H groups in total. The van der Waals surface area contributed by atoms with E-state index in [0.717, 1.165) is 50.1 Å². The van der Waals surface area contributed by atoms with Gasteiger partial charge in [-0.3, -0.25) is 0 Å². The van der Waals surface area contributed by atoms with Gasteiger partial charge in [0.15, 0.2) is 0 Å². The summed E-state index contributed by atoms with van der Waals surface area (Å²) < 4.78 is 11.9. The lowest BCUT2D eigenvalue weighted by molar-refractivity contribution is -0.0157. The Morgan fingerprint density at radius 1 is 1.03 bits per heavy atom. The quantitative estimate of drug-likeness (QED) is 0.361. The first-order valence-corrected chi connectivity index (χ1v) is 14.9. The Balaban J connectivity index is 1.48. The summed E-state index contributed by atoms with van der Waals surface area (Å²) >= 11 is 0. The molecule has 0 radical (unpaired) electrons. The summed E-state index contributed by atoms with van der Waals surface area (Å²) in [6, 6.07) is 8.25. The van der Waals surface area contributed by atoms with Crippen molar-refractivity contribution >= 4 is 14.4 Å². The second kappa shape index (κ2) is 8.78. The number of piperidine rings is 1. The van der Waals surface area contributed by atoms with Gasteiger partial charge in [-0.05, 0) is 94.3 Å². The largest absolute Gasteiger partial charge is 0.544 e. The van der Waals surface area contributed by atoms with Crippen LogP contribution in [-0.4, -0.2) is 38.0 Å². The molecule has 5 heteroatoms. The first kappa shape index (κ1) is 24.7. The number of ether oxygens (including phenoxy) is 1. The summed E-state index contributed by atoms with van der Waals surface area (Å²) in [5, 5.41) is 0.189. The minimum absolute atomic E-state index is 0.177. The van der Waals surface area contributed by atoms with Crippen LogP contribution in [0.1, 0.15) is 72.8 Å². The monoisotopic (exact) mass is 455 g/mol. The molecule has 2 fully saturated rings. The SMILES string of the molecule is CC(C)(C)OC(=O)N1CCC2(CC1)CC(C#Cc1ccc(O[Si](C)(C)C(C)(C)C)cc1)C2. The van der Waals surface area contributed by atoms with Crippen LogP contribution in [0.25, 0.3) is 0 Å². The highest BCUT2D eigenvalue weighted by atomic mass is 28.4. The molecule has 1 amide bonds. The van der Waals surface area contributed by atoms with Crippen LogP contribution < -0.4 is 4.43 Å². The van der Waals surface area contributed by atoms with Gasteiger partial charge in [-0.25, -0.2) is 4.79 Å². The molecule has 0 atom stereocenters. The average molecular weight is 456 g/mol. The molecule has 1 aromatic rings. The second-order valence-corrected chi connectivity index (χ2v) is 17.0. The normalized spacial score (nSPS) is 19.1. The van der Waals surface area contributed by atoms with Crippen molar-refractivity contribution in [3.8, 4) is 17.6 Å². The number of nitrogens with zero attached hydrogens (tertiary/aromatic N) is 1. The number of hydrogen-bond donors (Lipinski definition) is 0. The number of hydrogen-bond acceptors (Lipinski definition) is 3. The van der Waals surface area contributed by atoms with E-state index < -0.39 is 13.9 Å². The predicted molar refractivity (Wildman–Crippen MR) is 133 cm³/mol. The molecular weight excluding hydrogens is 414 g/mol. The first-order valence-electron chi connectivity index (χ1n) is 12.0. The smallest absolute Gasteiger partial charge is 0.410 e. The predicted octanol–water partition coefficient (Wildman–Crippen LogP) is 6.85. The van der Waals surface area contributed by atoms with Gasteiger partial charge in [-0.1, -0.05) is 32.6 Å². The van der Waals surface area contributed by atoms with E-state index in [1.165, 1.54) is 0 Å². The van der Waals surface area contributed by atoms with Gasteiger partial charge in [0, 0.05) is 24.6 Å². The van der Waals surface area contributed by atoms with Crippen LogP contribution in [0.3, 0.4) is 0 Å². The van der Waals surface area contributed by atoms with Crippen LogP contribution in [0.5, 0.6) is 5.75 Å². The van der Waals surface area contributed by atoms with E-state index in [1.807, 2.05) is 25.7 Å². The molecule has 3 rings (SSSR count). The Morgan fingerprint density at radius 3 is 2.09 bits per heavy atom. The lowest BCUT2D eigenvalue weighted by Gasteiger charge is -2.50. The highest BCUT2D eigenvalue weighted by molar-refractivity contribution is 6.74. The van der Waals surface area contributed by atoms with Crippen LogP contribution in [0.2, 0.25) is 18.1 Å². The topological polar surface area (TPSA) is 38.8 Å². The molecule has 1 aliphatic heterocycles. The van der Waals surface area contributed by atoms with E-state index >= 15 is 0 Å². The summed E-state index contributed by atoms with van der Waals surface area (Å²) in [5.41, 5.74) is 0.991. The number of benzene rings is 1. The lowest BCUT2D eigenvalue weighted by atomic mass is 9.58. The number of amides is 1. The standard InChI is InChI=1S/C27H41NO3Si/c1-25(2,3)30-24(29)28-17-15-27(16-18-28)19-22(20-27)10-9-21-11-13-23(14-12-21)31-32(7,8)26(4,5)6/h11-14,22H,15-20H2,1-8H3. The highest BCUT2D eigenvalue weighted by Crippen LogP contribution is 2.52. The van der Waals surface area contributed by atoms with Crippen molar-refractivity contribution in [1.29, 1.82) is 0 Å². The van der Waals surface area contributed by atoms with Crippen molar-refractivity contribution in [3.05, 3.63) is 29.8 Å². The Bertz CT molecular complexity index is 865. The molecule has 2 aliphatic rings. The van der Waals surface area contributed by atoms with Crippen molar-refractivity contribution in [2.45, 2.75) is 91.0 Å². The average Bonchev–Trinajstić information content (AvgIpc) is 2.63. The van der Waals surface area contributed by atoms with E-state index in [9.17, 15) is 4.79 Å². The Labute approximate surface area is 196 Å². The molecule has 1 spiro atoms. The molecule has 1 saturated heterocycles. The molecule has 0 unspecified atom stereocenters. The number of carbonyl (C=O) groups is 1. The Kier molecular flexibility index (Phi) is 6.78. The summed E-state index contributed by atoms with van der Waals surface area (Å²) in [6.07, 6.45) is 4.24. The molecule has 1 aliphatic carbocycles. The van der Waals surface area contributed by atoms with Crippen molar-refractivity contribution in [2.75, 3.05) is 13.1 Å². The highest BCUT2D eigenvalue weighted by Gasteiger charge is 2.46. The molecule has 1 aromatic carbocycles. The van der Waals surface area contributed by atoms with Crippen LogP contribution >= 0.6 is 0 Å². The van der Waals surface area contributed by atoms with E-state index in [-0.39, 0.29) is 11.1 Å². The van der Waals surface area contributed by atoms with Crippen LogP contribution in [0, 0.1) is 23.2 Å². The van der Waals surface area contributed by atoms with Gasteiger partial charge in [0.2, 0.25) is 8.32 Å². The number of likely N-dealkylation sites (tertiary alicyclic amines) is 1.